The Balaban J connectivity index is 0.00000242. The van der Waals surface area contributed by atoms with Gasteiger partial charge >= 0.3 is 0 Å². The summed E-state index contributed by atoms with van der Waals surface area (Å²) >= 11 is 1.75. The van der Waals surface area contributed by atoms with Crippen molar-refractivity contribution in [2.45, 2.75) is 46.2 Å². The first-order valence-corrected chi connectivity index (χ1v) is 8.57. The Morgan fingerprint density at radius 1 is 1.41 bits per heavy atom. The van der Waals surface area contributed by atoms with Crippen LogP contribution in [0.4, 0.5) is 0 Å². The number of nitrogens with one attached hydrogen (secondary N) is 2. The predicted octanol–water partition coefficient (Wildman–Crippen LogP) is 2.53. The summed E-state index contributed by atoms with van der Waals surface area (Å²) in [6.45, 7) is 10.5. The summed E-state index contributed by atoms with van der Waals surface area (Å²) in [6, 6.07) is 0.640. The Kier molecular flexibility index (Phi) is 8.63. The summed E-state index contributed by atoms with van der Waals surface area (Å²) in [5.41, 5.74) is 1.12. The van der Waals surface area contributed by atoms with Gasteiger partial charge < -0.3 is 10.6 Å². The molecule has 0 amide bonds. The number of halogens is 1. The first kappa shape index (κ1) is 19.6. The molecular formula is C15H28IN5S. The molecule has 2 N–H and O–H groups in total. The zero-order chi connectivity index (χ0) is 15.2. The summed E-state index contributed by atoms with van der Waals surface area (Å²) in [7, 11) is 1.83. The Morgan fingerprint density at radius 3 is 2.77 bits per heavy atom. The lowest BCUT2D eigenvalue weighted by molar-refractivity contribution is 0.267. The molecule has 1 aliphatic rings. The number of nitrogens with zero attached hydrogens (tertiary/aromatic N) is 3. The third-order valence-corrected chi connectivity index (χ3v) is 5.12. The van der Waals surface area contributed by atoms with Gasteiger partial charge in [-0.3, -0.25) is 9.89 Å². The quantitative estimate of drug-likeness (QED) is 0.423. The van der Waals surface area contributed by atoms with Crippen molar-refractivity contribution in [2.24, 2.45) is 4.99 Å². The molecule has 0 saturated carbocycles. The van der Waals surface area contributed by atoms with Gasteiger partial charge in [0.15, 0.2) is 5.96 Å². The highest BCUT2D eigenvalue weighted by Gasteiger charge is 2.22. The number of aromatic nitrogens is 1. The van der Waals surface area contributed by atoms with Gasteiger partial charge in [-0.15, -0.1) is 35.3 Å². The number of thiazole rings is 1. The molecule has 0 spiro atoms. The van der Waals surface area contributed by atoms with Gasteiger partial charge in [0.05, 0.1) is 17.2 Å². The van der Waals surface area contributed by atoms with E-state index in [4.69, 9.17) is 0 Å². The summed E-state index contributed by atoms with van der Waals surface area (Å²) < 4.78 is 0. The maximum absolute atomic E-state index is 4.46. The molecule has 0 bridgehead atoms. The van der Waals surface area contributed by atoms with Crippen LogP contribution in [0.2, 0.25) is 0 Å². The Morgan fingerprint density at radius 2 is 2.18 bits per heavy atom. The third kappa shape index (κ3) is 5.34. The van der Waals surface area contributed by atoms with Crippen molar-refractivity contribution in [1.82, 2.24) is 20.5 Å². The molecular weight excluding hydrogens is 409 g/mol. The Bertz CT molecular complexity index is 488. The molecule has 7 heteroatoms. The number of aliphatic imine (C=N–C) groups is 1. The number of rotatable bonds is 5. The fourth-order valence-electron chi connectivity index (χ4n) is 2.88. The van der Waals surface area contributed by atoms with Gasteiger partial charge in [0, 0.05) is 24.5 Å². The maximum Gasteiger partial charge on any atom is 0.191 e. The van der Waals surface area contributed by atoms with Gasteiger partial charge in [-0.25, -0.2) is 4.98 Å². The second-order valence-electron chi connectivity index (χ2n) is 5.47. The molecule has 2 heterocycles. The number of likely N-dealkylation sites (N-methyl/N-ethyl adjacent to an activating group) is 1. The first-order valence-electron chi connectivity index (χ1n) is 7.75. The average Bonchev–Trinajstić information content (AvgIpc) is 3.05. The van der Waals surface area contributed by atoms with Crippen molar-refractivity contribution in [3.8, 4) is 0 Å². The van der Waals surface area contributed by atoms with E-state index in [0.717, 1.165) is 36.3 Å². The average molecular weight is 437 g/mol. The smallest absolute Gasteiger partial charge is 0.191 e. The van der Waals surface area contributed by atoms with Crippen LogP contribution in [0.5, 0.6) is 0 Å². The van der Waals surface area contributed by atoms with Gasteiger partial charge in [0.1, 0.15) is 0 Å². The maximum atomic E-state index is 4.46. The van der Waals surface area contributed by atoms with Crippen molar-refractivity contribution in [1.29, 1.82) is 0 Å². The Hall–Kier alpha value is -0.410. The van der Waals surface area contributed by atoms with Crippen LogP contribution in [0.3, 0.4) is 0 Å². The van der Waals surface area contributed by atoms with E-state index in [-0.39, 0.29) is 24.0 Å². The van der Waals surface area contributed by atoms with Crippen molar-refractivity contribution < 1.29 is 0 Å². The normalized spacial score (nSPS) is 19.1. The summed E-state index contributed by atoms with van der Waals surface area (Å²) in [5.74, 6) is 0.878. The number of hydrogen-bond donors (Lipinski definition) is 2. The zero-order valence-corrected chi connectivity index (χ0v) is 17.1. The van der Waals surface area contributed by atoms with Crippen LogP contribution in [0.1, 0.15) is 35.3 Å². The van der Waals surface area contributed by atoms with Crippen LogP contribution >= 0.6 is 35.3 Å². The number of hydrogen-bond acceptors (Lipinski definition) is 4. The van der Waals surface area contributed by atoms with E-state index in [0.29, 0.717) is 6.04 Å². The molecule has 1 aromatic heterocycles. The highest BCUT2D eigenvalue weighted by Crippen LogP contribution is 2.17. The van der Waals surface area contributed by atoms with E-state index < -0.39 is 0 Å². The lowest BCUT2D eigenvalue weighted by Gasteiger charge is -2.23. The standard InChI is InChI=1S/C15H27N5S.HI/c1-5-20-8-6-7-13(20)9-17-15(16-4)18-10-14-11(2)19-12(3)21-14;/h13H,5-10H2,1-4H3,(H2,16,17,18);1H. The van der Waals surface area contributed by atoms with E-state index in [1.807, 2.05) is 14.0 Å². The largest absolute Gasteiger partial charge is 0.355 e. The van der Waals surface area contributed by atoms with Crippen molar-refractivity contribution >= 4 is 41.3 Å². The second-order valence-corrected chi connectivity index (χ2v) is 6.76. The van der Waals surface area contributed by atoms with Crippen LogP contribution in [0.15, 0.2) is 4.99 Å². The molecule has 126 valence electrons. The molecule has 1 aliphatic heterocycles. The topological polar surface area (TPSA) is 52.5 Å². The lowest BCUT2D eigenvalue weighted by Crippen LogP contribution is -2.44. The fraction of sp³-hybridized carbons (Fsp3) is 0.733. The SMILES string of the molecule is CCN1CCCC1CNC(=NC)NCc1sc(C)nc1C.I. The minimum Gasteiger partial charge on any atom is -0.355 e. The Labute approximate surface area is 155 Å². The molecule has 2 rings (SSSR count). The van der Waals surface area contributed by atoms with Gasteiger partial charge in [0.2, 0.25) is 0 Å². The van der Waals surface area contributed by atoms with Crippen molar-refractivity contribution in [2.75, 3.05) is 26.7 Å². The molecule has 1 atom stereocenters. The van der Waals surface area contributed by atoms with Gasteiger partial charge in [-0.2, -0.15) is 0 Å². The lowest BCUT2D eigenvalue weighted by atomic mass is 10.2. The predicted molar refractivity (Wildman–Crippen MR) is 105 cm³/mol. The van der Waals surface area contributed by atoms with E-state index in [2.05, 4.69) is 39.4 Å². The van der Waals surface area contributed by atoms with Crippen molar-refractivity contribution in [3.05, 3.63) is 15.6 Å². The minimum atomic E-state index is 0. The molecule has 22 heavy (non-hydrogen) atoms. The number of guanidine groups is 1. The van der Waals surface area contributed by atoms with Gasteiger partial charge in [-0.1, -0.05) is 6.92 Å². The van der Waals surface area contributed by atoms with Crippen LogP contribution in [0.25, 0.3) is 0 Å². The molecule has 0 aliphatic carbocycles. The zero-order valence-electron chi connectivity index (χ0n) is 14.0. The van der Waals surface area contributed by atoms with Crippen molar-refractivity contribution in [3.63, 3.8) is 0 Å². The first-order chi connectivity index (χ1) is 10.1. The molecule has 1 aromatic rings. The summed E-state index contributed by atoms with van der Waals surface area (Å²) in [6.07, 6.45) is 2.59. The van der Waals surface area contributed by atoms with E-state index in [1.54, 1.807) is 11.3 Å². The van der Waals surface area contributed by atoms with Crippen LogP contribution < -0.4 is 10.6 Å². The van der Waals surface area contributed by atoms with E-state index in [1.165, 1.54) is 24.3 Å². The molecule has 0 radical (unpaired) electrons. The van der Waals surface area contributed by atoms with Crippen LogP contribution in [0, 0.1) is 13.8 Å². The minimum absolute atomic E-state index is 0. The van der Waals surface area contributed by atoms with Gasteiger partial charge in [0.25, 0.3) is 0 Å². The van der Waals surface area contributed by atoms with Crippen LogP contribution in [-0.4, -0.2) is 48.6 Å². The second kappa shape index (κ2) is 9.67. The number of aryl methyl sites for hydroxylation is 2. The summed E-state index contributed by atoms with van der Waals surface area (Å²) in [5, 5.41) is 7.96. The summed E-state index contributed by atoms with van der Waals surface area (Å²) in [4.78, 5) is 12.6. The molecule has 1 saturated heterocycles. The molecule has 1 fully saturated rings. The third-order valence-electron chi connectivity index (χ3n) is 4.05. The van der Waals surface area contributed by atoms with Gasteiger partial charge in [-0.05, 0) is 39.8 Å². The molecule has 1 unspecified atom stereocenters. The molecule has 5 nitrogen and oxygen atoms in total. The van der Waals surface area contributed by atoms with Crippen LogP contribution in [-0.2, 0) is 6.54 Å². The fourth-order valence-corrected chi connectivity index (χ4v) is 3.76. The highest BCUT2D eigenvalue weighted by atomic mass is 127. The molecule has 0 aromatic carbocycles. The number of likely N-dealkylation sites (tertiary alicyclic amines) is 1. The van der Waals surface area contributed by atoms with E-state index >= 15 is 0 Å². The highest BCUT2D eigenvalue weighted by molar-refractivity contribution is 14.0. The van der Waals surface area contributed by atoms with E-state index in [9.17, 15) is 0 Å². The monoisotopic (exact) mass is 437 g/mol.